The van der Waals surface area contributed by atoms with Crippen LogP contribution in [0, 0.1) is 0 Å². The van der Waals surface area contributed by atoms with Crippen LogP contribution in [-0.2, 0) is 13.0 Å². The van der Waals surface area contributed by atoms with E-state index in [1.165, 1.54) is 5.56 Å². The lowest BCUT2D eigenvalue weighted by molar-refractivity contribution is 0.501. The normalized spacial score (nSPS) is 10.6. The third-order valence-electron chi connectivity index (χ3n) is 2.00. The topological polar surface area (TPSA) is 51.0 Å². The standard InChI is InChI=1S/C10H12BrN3OS/c1-2-3-9-13-14-10(15-9)12-5-7-4-8(11)16-6-7/h4,6H,2-3,5H2,1H3,(H,12,14). The molecule has 0 saturated heterocycles. The summed E-state index contributed by atoms with van der Waals surface area (Å²) in [4.78, 5) is 0. The van der Waals surface area contributed by atoms with E-state index in [1.54, 1.807) is 11.3 Å². The fraction of sp³-hybridized carbons (Fsp3) is 0.400. The Morgan fingerprint density at radius 1 is 1.50 bits per heavy atom. The summed E-state index contributed by atoms with van der Waals surface area (Å²) < 4.78 is 6.54. The fourth-order valence-electron chi connectivity index (χ4n) is 1.26. The van der Waals surface area contributed by atoms with Crippen molar-refractivity contribution in [3.05, 3.63) is 26.7 Å². The van der Waals surface area contributed by atoms with E-state index < -0.39 is 0 Å². The molecule has 86 valence electrons. The molecule has 2 aromatic rings. The van der Waals surface area contributed by atoms with Gasteiger partial charge in [0.2, 0.25) is 5.89 Å². The monoisotopic (exact) mass is 301 g/mol. The van der Waals surface area contributed by atoms with Gasteiger partial charge in [0.05, 0.1) is 3.79 Å². The summed E-state index contributed by atoms with van der Waals surface area (Å²) in [6.07, 6.45) is 1.85. The molecule has 0 aromatic carbocycles. The lowest BCUT2D eigenvalue weighted by Gasteiger charge is -1.97. The Morgan fingerprint density at radius 2 is 2.38 bits per heavy atom. The minimum Gasteiger partial charge on any atom is -0.408 e. The van der Waals surface area contributed by atoms with Crippen LogP contribution in [0.15, 0.2) is 19.6 Å². The Hall–Kier alpha value is -0.880. The van der Waals surface area contributed by atoms with Crippen LogP contribution < -0.4 is 5.32 Å². The van der Waals surface area contributed by atoms with Crippen molar-refractivity contribution in [2.24, 2.45) is 0 Å². The summed E-state index contributed by atoms with van der Waals surface area (Å²) in [6, 6.07) is 2.56. The summed E-state index contributed by atoms with van der Waals surface area (Å²) in [5.74, 6) is 0.691. The first-order valence-corrected chi connectivity index (χ1v) is 6.74. The molecule has 0 bridgehead atoms. The molecule has 0 radical (unpaired) electrons. The van der Waals surface area contributed by atoms with E-state index in [1.807, 2.05) is 0 Å². The second-order valence-corrected chi connectivity index (χ2v) is 5.65. The second-order valence-electron chi connectivity index (χ2n) is 3.36. The van der Waals surface area contributed by atoms with Gasteiger partial charge in [-0.05, 0) is 39.4 Å². The zero-order valence-corrected chi connectivity index (χ0v) is 11.3. The number of nitrogens with one attached hydrogen (secondary N) is 1. The largest absolute Gasteiger partial charge is 0.408 e. The van der Waals surface area contributed by atoms with Crippen molar-refractivity contribution < 1.29 is 4.42 Å². The van der Waals surface area contributed by atoms with Crippen molar-refractivity contribution in [1.82, 2.24) is 10.2 Å². The fourth-order valence-corrected chi connectivity index (χ4v) is 2.47. The molecule has 1 N–H and O–H groups in total. The van der Waals surface area contributed by atoms with Gasteiger partial charge in [-0.25, -0.2) is 0 Å². The zero-order valence-electron chi connectivity index (χ0n) is 8.86. The van der Waals surface area contributed by atoms with Crippen molar-refractivity contribution in [2.75, 3.05) is 5.32 Å². The summed E-state index contributed by atoms with van der Waals surface area (Å²) in [7, 11) is 0. The first-order chi connectivity index (χ1) is 7.78. The number of halogens is 1. The highest BCUT2D eigenvalue weighted by Gasteiger charge is 2.04. The zero-order chi connectivity index (χ0) is 11.4. The van der Waals surface area contributed by atoms with Crippen LogP contribution in [0.4, 0.5) is 6.01 Å². The highest BCUT2D eigenvalue weighted by atomic mass is 79.9. The molecule has 0 atom stereocenters. The first kappa shape index (κ1) is 11.6. The quantitative estimate of drug-likeness (QED) is 0.919. The molecular weight excluding hydrogens is 290 g/mol. The van der Waals surface area contributed by atoms with Gasteiger partial charge in [-0.2, -0.15) is 0 Å². The molecule has 0 spiro atoms. The number of hydrogen-bond donors (Lipinski definition) is 1. The molecule has 2 rings (SSSR count). The number of rotatable bonds is 5. The minimum atomic E-state index is 0.491. The van der Waals surface area contributed by atoms with Gasteiger partial charge in [0.1, 0.15) is 0 Å². The summed E-state index contributed by atoms with van der Waals surface area (Å²) >= 11 is 5.09. The van der Waals surface area contributed by atoms with E-state index >= 15 is 0 Å². The van der Waals surface area contributed by atoms with Crippen molar-refractivity contribution in [3.8, 4) is 0 Å². The Labute approximate surface area is 106 Å². The van der Waals surface area contributed by atoms with Crippen molar-refractivity contribution in [1.29, 1.82) is 0 Å². The average molecular weight is 302 g/mol. The summed E-state index contributed by atoms with van der Waals surface area (Å²) in [5.41, 5.74) is 1.20. The molecule has 0 aliphatic heterocycles. The molecule has 2 aromatic heterocycles. The highest BCUT2D eigenvalue weighted by molar-refractivity contribution is 9.11. The number of hydrogen-bond acceptors (Lipinski definition) is 5. The molecule has 0 saturated carbocycles. The van der Waals surface area contributed by atoms with Crippen molar-refractivity contribution in [2.45, 2.75) is 26.3 Å². The minimum absolute atomic E-state index is 0.491. The predicted octanol–water partition coefficient (Wildman–Crippen LogP) is 3.46. The van der Waals surface area contributed by atoms with Gasteiger partial charge in [-0.15, -0.1) is 16.4 Å². The Morgan fingerprint density at radius 3 is 3.06 bits per heavy atom. The third kappa shape index (κ3) is 3.05. The number of thiophene rings is 1. The molecule has 4 nitrogen and oxygen atoms in total. The van der Waals surface area contributed by atoms with E-state index in [-0.39, 0.29) is 0 Å². The van der Waals surface area contributed by atoms with Crippen LogP contribution in [0.2, 0.25) is 0 Å². The Kier molecular flexibility index (Phi) is 3.95. The van der Waals surface area contributed by atoms with E-state index in [9.17, 15) is 0 Å². The highest BCUT2D eigenvalue weighted by Crippen LogP contribution is 2.21. The van der Waals surface area contributed by atoms with Crippen molar-refractivity contribution in [3.63, 3.8) is 0 Å². The molecule has 0 unspecified atom stereocenters. The Bertz CT molecular complexity index is 454. The second kappa shape index (κ2) is 5.45. The van der Waals surface area contributed by atoms with E-state index in [0.29, 0.717) is 18.5 Å². The van der Waals surface area contributed by atoms with Crippen LogP contribution in [0.3, 0.4) is 0 Å². The SMILES string of the molecule is CCCc1nnc(NCc2csc(Br)c2)o1. The molecule has 0 aliphatic carbocycles. The maximum absolute atomic E-state index is 5.41. The molecular formula is C10H12BrN3OS. The Balaban J connectivity index is 1.89. The van der Waals surface area contributed by atoms with E-state index in [4.69, 9.17) is 4.42 Å². The number of aryl methyl sites for hydroxylation is 1. The predicted molar refractivity (Wildman–Crippen MR) is 67.6 cm³/mol. The number of aromatic nitrogens is 2. The van der Waals surface area contributed by atoms with Gasteiger partial charge >= 0.3 is 6.01 Å². The van der Waals surface area contributed by atoms with Gasteiger partial charge in [-0.1, -0.05) is 12.0 Å². The van der Waals surface area contributed by atoms with E-state index in [0.717, 1.165) is 16.6 Å². The average Bonchev–Trinajstić information content (AvgIpc) is 2.85. The van der Waals surface area contributed by atoms with Gasteiger partial charge in [0, 0.05) is 13.0 Å². The molecule has 0 fully saturated rings. The van der Waals surface area contributed by atoms with Gasteiger partial charge < -0.3 is 9.73 Å². The van der Waals surface area contributed by atoms with Crippen LogP contribution in [0.5, 0.6) is 0 Å². The van der Waals surface area contributed by atoms with Crippen LogP contribution in [0.25, 0.3) is 0 Å². The maximum Gasteiger partial charge on any atom is 0.315 e. The van der Waals surface area contributed by atoms with Crippen LogP contribution in [0.1, 0.15) is 24.8 Å². The van der Waals surface area contributed by atoms with Crippen LogP contribution >= 0.6 is 27.3 Å². The first-order valence-electron chi connectivity index (χ1n) is 5.07. The maximum atomic E-state index is 5.41. The summed E-state index contributed by atoms with van der Waals surface area (Å²) in [6.45, 7) is 2.79. The third-order valence-corrected chi connectivity index (χ3v) is 3.55. The van der Waals surface area contributed by atoms with Gasteiger partial charge in [-0.3, -0.25) is 0 Å². The van der Waals surface area contributed by atoms with Gasteiger partial charge in [0.25, 0.3) is 0 Å². The molecule has 2 heterocycles. The molecule has 6 heteroatoms. The lowest BCUT2D eigenvalue weighted by atomic mass is 10.3. The molecule has 0 aliphatic rings. The van der Waals surface area contributed by atoms with Crippen molar-refractivity contribution >= 4 is 33.3 Å². The number of anilines is 1. The summed E-state index contributed by atoms with van der Waals surface area (Å²) in [5, 5.41) is 13.0. The molecule has 16 heavy (non-hydrogen) atoms. The number of nitrogens with zero attached hydrogens (tertiary/aromatic N) is 2. The molecule has 0 amide bonds. The van der Waals surface area contributed by atoms with E-state index in [2.05, 4.69) is 49.8 Å². The van der Waals surface area contributed by atoms with Crippen LogP contribution in [-0.4, -0.2) is 10.2 Å². The lowest BCUT2D eigenvalue weighted by Crippen LogP contribution is -1.97. The van der Waals surface area contributed by atoms with Gasteiger partial charge in [0.15, 0.2) is 0 Å². The smallest absolute Gasteiger partial charge is 0.315 e.